The number of anilines is 1. The van der Waals surface area contributed by atoms with Crippen molar-refractivity contribution in [2.24, 2.45) is 0 Å². The molecule has 0 aromatic heterocycles. The van der Waals surface area contributed by atoms with Crippen LogP contribution in [0.2, 0.25) is 0 Å². The van der Waals surface area contributed by atoms with Gasteiger partial charge in [0.25, 0.3) is 0 Å². The highest BCUT2D eigenvalue weighted by molar-refractivity contribution is 7.99. The summed E-state index contributed by atoms with van der Waals surface area (Å²) < 4.78 is 0. The number of amides is 2. The first-order chi connectivity index (χ1) is 17.0. The molecule has 5 nitrogen and oxygen atoms in total. The lowest BCUT2D eigenvalue weighted by atomic mass is 10.1. The molecule has 2 N–H and O–H groups in total. The molecule has 6 heteroatoms. The van der Waals surface area contributed by atoms with Gasteiger partial charge in [0.1, 0.15) is 0 Å². The SMILES string of the molecule is CCCCCCCN(C(=O)NCc1ccccc1)c1ccc(Sc2ccc(CC(=O)O)cc2)cc1. The molecule has 0 aliphatic rings. The van der Waals surface area contributed by atoms with Gasteiger partial charge in [0, 0.05) is 28.6 Å². The molecule has 0 radical (unpaired) electrons. The Kier molecular flexibility index (Phi) is 10.7. The molecule has 0 bridgehead atoms. The topological polar surface area (TPSA) is 69.6 Å². The quantitative estimate of drug-likeness (QED) is 0.250. The van der Waals surface area contributed by atoms with Gasteiger partial charge in [-0.1, -0.05) is 86.8 Å². The molecule has 0 aliphatic heterocycles. The van der Waals surface area contributed by atoms with Gasteiger partial charge in [0.05, 0.1) is 6.42 Å². The zero-order valence-electron chi connectivity index (χ0n) is 20.3. The first kappa shape index (κ1) is 26.4. The zero-order chi connectivity index (χ0) is 24.9. The number of hydrogen-bond acceptors (Lipinski definition) is 3. The number of carboxylic acid groups (broad SMARTS) is 1. The van der Waals surface area contributed by atoms with Crippen LogP contribution in [-0.2, 0) is 17.8 Å². The number of carboxylic acids is 1. The maximum absolute atomic E-state index is 13.1. The van der Waals surface area contributed by atoms with Crippen molar-refractivity contribution in [3.05, 3.63) is 90.0 Å². The van der Waals surface area contributed by atoms with Crippen LogP contribution >= 0.6 is 11.8 Å². The average molecular weight is 491 g/mol. The molecule has 2 amide bonds. The molecule has 3 aromatic rings. The molecular formula is C29H34N2O3S. The van der Waals surface area contributed by atoms with Gasteiger partial charge in [-0.3, -0.25) is 9.69 Å². The second-order valence-corrected chi connectivity index (χ2v) is 9.67. The maximum atomic E-state index is 13.1. The molecule has 0 spiro atoms. The van der Waals surface area contributed by atoms with Gasteiger partial charge in [-0.25, -0.2) is 4.79 Å². The second-order valence-electron chi connectivity index (χ2n) is 8.52. The molecule has 0 fully saturated rings. The van der Waals surface area contributed by atoms with E-state index in [1.807, 2.05) is 83.8 Å². The Morgan fingerprint density at radius 3 is 2.06 bits per heavy atom. The molecule has 0 aliphatic carbocycles. The predicted molar refractivity (Wildman–Crippen MR) is 143 cm³/mol. The van der Waals surface area contributed by atoms with Gasteiger partial charge in [0.15, 0.2) is 0 Å². The fraction of sp³-hybridized carbons (Fsp3) is 0.310. The Bertz CT molecular complexity index is 1050. The van der Waals surface area contributed by atoms with Gasteiger partial charge >= 0.3 is 12.0 Å². The predicted octanol–water partition coefficient (Wildman–Crippen LogP) is 7.15. The third kappa shape index (κ3) is 9.13. The van der Waals surface area contributed by atoms with E-state index in [0.29, 0.717) is 13.1 Å². The highest BCUT2D eigenvalue weighted by Crippen LogP contribution is 2.30. The summed E-state index contributed by atoms with van der Waals surface area (Å²) >= 11 is 1.61. The minimum Gasteiger partial charge on any atom is -0.481 e. The minimum absolute atomic E-state index is 0.0280. The monoisotopic (exact) mass is 490 g/mol. The molecule has 184 valence electrons. The fourth-order valence-corrected chi connectivity index (χ4v) is 4.59. The lowest BCUT2D eigenvalue weighted by Crippen LogP contribution is -2.40. The summed E-state index contributed by atoms with van der Waals surface area (Å²) in [7, 11) is 0. The Labute approximate surface area is 212 Å². The number of nitrogens with zero attached hydrogens (tertiary/aromatic N) is 1. The van der Waals surface area contributed by atoms with Crippen LogP contribution in [0.15, 0.2) is 88.7 Å². The number of hydrogen-bond donors (Lipinski definition) is 2. The van der Waals surface area contributed by atoms with Crippen LogP contribution in [-0.4, -0.2) is 23.7 Å². The first-order valence-electron chi connectivity index (χ1n) is 12.2. The van der Waals surface area contributed by atoms with Gasteiger partial charge < -0.3 is 10.4 Å². The molecule has 0 saturated carbocycles. The van der Waals surface area contributed by atoms with E-state index in [1.54, 1.807) is 11.8 Å². The summed E-state index contributed by atoms with van der Waals surface area (Å²) in [6, 6.07) is 25.5. The highest BCUT2D eigenvalue weighted by atomic mass is 32.2. The summed E-state index contributed by atoms with van der Waals surface area (Å²) in [5, 5.41) is 12.0. The molecule has 35 heavy (non-hydrogen) atoms. The molecule has 3 aromatic carbocycles. The summed E-state index contributed by atoms with van der Waals surface area (Å²) in [6.07, 6.45) is 5.73. The third-order valence-corrected chi connectivity index (χ3v) is 6.70. The average Bonchev–Trinajstić information content (AvgIpc) is 2.87. The Morgan fingerprint density at radius 2 is 1.43 bits per heavy atom. The summed E-state index contributed by atoms with van der Waals surface area (Å²) in [6.45, 7) is 3.38. The van der Waals surface area contributed by atoms with Gasteiger partial charge in [-0.2, -0.15) is 0 Å². The van der Waals surface area contributed by atoms with Gasteiger partial charge in [-0.05, 0) is 53.9 Å². The Balaban J connectivity index is 1.64. The molecule has 3 rings (SSSR count). The van der Waals surface area contributed by atoms with E-state index in [9.17, 15) is 9.59 Å². The fourth-order valence-electron chi connectivity index (χ4n) is 3.77. The van der Waals surface area contributed by atoms with Crippen molar-refractivity contribution in [1.29, 1.82) is 0 Å². The van der Waals surface area contributed by atoms with E-state index in [2.05, 4.69) is 12.2 Å². The Morgan fingerprint density at radius 1 is 0.800 bits per heavy atom. The number of nitrogens with one attached hydrogen (secondary N) is 1. The van der Waals surface area contributed by atoms with Crippen LogP contribution in [0.5, 0.6) is 0 Å². The number of carbonyl (C=O) groups is 2. The third-order valence-electron chi connectivity index (χ3n) is 5.68. The van der Waals surface area contributed by atoms with Crippen molar-refractivity contribution < 1.29 is 14.7 Å². The lowest BCUT2D eigenvalue weighted by Gasteiger charge is -2.24. The normalized spacial score (nSPS) is 10.7. The van der Waals surface area contributed by atoms with Crippen molar-refractivity contribution in [3.8, 4) is 0 Å². The van der Waals surface area contributed by atoms with Crippen molar-refractivity contribution in [3.63, 3.8) is 0 Å². The van der Waals surface area contributed by atoms with Crippen LogP contribution in [0.1, 0.15) is 50.2 Å². The molecule has 0 atom stereocenters. The largest absolute Gasteiger partial charge is 0.481 e. The zero-order valence-corrected chi connectivity index (χ0v) is 21.1. The van der Waals surface area contributed by atoms with Crippen molar-refractivity contribution in [2.45, 2.75) is 61.8 Å². The number of rotatable bonds is 13. The minimum atomic E-state index is -0.830. The van der Waals surface area contributed by atoms with E-state index in [0.717, 1.165) is 39.4 Å². The van der Waals surface area contributed by atoms with Gasteiger partial charge in [-0.15, -0.1) is 0 Å². The summed E-state index contributed by atoms with van der Waals surface area (Å²) in [5.41, 5.74) is 2.74. The van der Waals surface area contributed by atoms with Crippen molar-refractivity contribution in [1.82, 2.24) is 5.32 Å². The number of unbranched alkanes of at least 4 members (excludes halogenated alkanes) is 4. The van der Waals surface area contributed by atoms with E-state index in [1.165, 1.54) is 19.3 Å². The summed E-state index contributed by atoms with van der Waals surface area (Å²) in [4.78, 5) is 27.9. The van der Waals surface area contributed by atoms with Crippen LogP contribution in [0.3, 0.4) is 0 Å². The standard InChI is InChI=1S/C29H34N2O3S/c1-2-3-4-5-9-20-31(29(34)30-22-24-10-7-6-8-11-24)25-14-18-27(19-15-25)35-26-16-12-23(13-17-26)21-28(32)33/h6-8,10-19H,2-5,9,20-22H2,1H3,(H,30,34)(H,32,33). The van der Waals surface area contributed by atoms with E-state index in [4.69, 9.17) is 5.11 Å². The molecular weight excluding hydrogens is 456 g/mol. The molecule has 0 unspecified atom stereocenters. The maximum Gasteiger partial charge on any atom is 0.322 e. The first-order valence-corrected chi connectivity index (χ1v) is 13.0. The van der Waals surface area contributed by atoms with Crippen LogP contribution < -0.4 is 10.2 Å². The van der Waals surface area contributed by atoms with Crippen molar-refractivity contribution >= 4 is 29.4 Å². The van der Waals surface area contributed by atoms with Crippen LogP contribution in [0, 0.1) is 0 Å². The number of benzene rings is 3. The van der Waals surface area contributed by atoms with E-state index in [-0.39, 0.29) is 12.5 Å². The van der Waals surface area contributed by atoms with Gasteiger partial charge in [0.2, 0.25) is 0 Å². The summed E-state index contributed by atoms with van der Waals surface area (Å²) in [5.74, 6) is -0.830. The van der Waals surface area contributed by atoms with Crippen LogP contribution in [0.25, 0.3) is 0 Å². The Hall–Kier alpha value is -3.25. The van der Waals surface area contributed by atoms with E-state index >= 15 is 0 Å². The number of aliphatic carboxylic acids is 1. The number of urea groups is 1. The molecule has 0 heterocycles. The number of carbonyl (C=O) groups excluding carboxylic acids is 1. The second kappa shape index (κ2) is 14.2. The van der Waals surface area contributed by atoms with Crippen molar-refractivity contribution in [2.75, 3.05) is 11.4 Å². The molecule has 0 saturated heterocycles. The lowest BCUT2D eigenvalue weighted by molar-refractivity contribution is -0.136. The van der Waals surface area contributed by atoms with E-state index < -0.39 is 5.97 Å². The highest BCUT2D eigenvalue weighted by Gasteiger charge is 2.15. The smallest absolute Gasteiger partial charge is 0.322 e. The van der Waals surface area contributed by atoms with Crippen LogP contribution in [0.4, 0.5) is 10.5 Å².